The summed E-state index contributed by atoms with van der Waals surface area (Å²) in [7, 11) is 0. The number of ether oxygens (including phenoxy) is 2. The van der Waals surface area contributed by atoms with Crippen LogP contribution in [0.5, 0.6) is 11.5 Å². The van der Waals surface area contributed by atoms with Gasteiger partial charge in [-0.2, -0.15) is 0 Å². The first-order chi connectivity index (χ1) is 10.2. The smallest absolute Gasteiger partial charge is 0.127 e. The Balaban J connectivity index is 2.09. The average molecular weight is 351 g/mol. The molecule has 1 aromatic heterocycles. The van der Waals surface area contributed by atoms with Crippen molar-refractivity contribution in [3.8, 4) is 11.5 Å². The van der Waals surface area contributed by atoms with Crippen LogP contribution in [0.15, 0.2) is 41.1 Å². The molecule has 0 saturated heterocycles. The molecule has 0 spiro atoms. The normalized spacial score (nSPS) is 10.4. The number of pyridine rings is 1. The fourth-order valence-corrected chi connectivity index (χ4v) is 2.26. The Morgan fingerprint density at radius 3 is 2.76 bits per heavy atom. The van der Waals surface area contributed by atoms with Crippen molar-refractivity contribution in [1.29, 1.82) is 0 Å². The van der Waals surface area contributed by atoms with Crippen LogP contribution in [0.1, 0.15) is 24.5 Å². The molecular formula is C16H19BrN2O2. The Hall–Kier alpha value is -1.59. The quantitative estimate of drug-likeness (QED) is 0.827. The molecule has 2 N–H and O–H groups in total. The van der Waals surface area contributed by atoms with Crippen molar-refractivity contribution in [2.75, 3.05) is 6.61 Å². The first kappa shape index (κ1) is 15.8. The third kappa shape index (κ3) is 4.72. The number of aromatic nitrogens is 1. The molecule has 0 aliphatic carbocycles. The topological polar surface area (TPSA) is 57.4 Å². The van der Waals surface area contributed by atoms with Crippen molar-refractivity contribution in [2.24, 2.45) is 5.73 Å². The zero-order valence-corrected chi connectivity index (χ0v) is 13.6. The van der Waals surface area contributed by atoms with E-state index < -0.39 is 0 Å². The van der Waals surface area contributed by atoms with Crippen molar-refractivity contribution in [2.45, 2.75) is 26.5 Å². The lowest BCUT2D eigenvalue weighted by molar-refractivity contribution is 0.292. The Labute approximate surface area is 133 Å². The number of nitrogens with zero attached hydrogens (tertiary/aromatic N) is 1. The molecule has 1 aromatic carbocycles. The van der Waals surface area contributed by atoms with Gasteiger partial charge in [-0.25, -0.2) is 0 Å². The fourth-order valence-electron chi connectivity index (χ4n) is 1.84. The van der Waals surface area contributed by atoms with Crippen molar-refractivity contribution >= 4 is 15.9 Å². The summed E-state index contributed by atoms with van der Waals surface area (Å²) in [6.45, 7) is 3.64. The third-order valence-corrected chi connectivity index (χ3v) is 3.32. The summed E-state index contributed by atoms with van der Waals surface area (Å²) in [4.78, 5) is 4.12. The van der Waals surface area contributed by atoms with Gasteiger partial charge >= 0.3 is 0 Å². The van der Waals surface area contributed by atoms with Gasteiger partial charge in [-0.15, -0.1) is 0 Å². The van der Waals surface area contributed by atoms with Crippen LogP contribution in [0, 0.1) is 0 Å². The molecule has 0 aliphatic rings. The average Bonchev–Trinajstić information content (AvgIpc) is 2.51. The molecule has 21 heavy (non-hydrogen) atoms. The lowest BCUT2D eigenvalue weighted by atomic mass is 10.2. The van der Waals surface area contributed by atoms with E-state index in [-0.39, 0.29) is 0 Å². The highest BCUT2D eigenvalue weighted by molar-refractivity contribution is 9.10. The molecule has 0 amide bonds. The standard InChI is InChI=1S/C16H19BrN2O2/c1-2-5-20-15-4-3-13(8-18)16(7-15)21-11-12-6-14(17)10-19-9-12/h3-4,6-7,9-10H,2,5,8,11,18H2,1H3. The van der Waals surface area contributed by atoms with E-state index in [1.807, 2.05) is 24.3 Å². The van der Waals surface area contributed by atoms with Crippen LogP contribution in [0.4, 0.5) is 0 Å². The molecule has 0 atom stereocenters. The Morgan fingerprint density at radius 1 is 1.19 bits per heavy atom. The second-order valence-electron chi connectivity index (χ2n) is 4.62. The maximum atomic E-state index is 5.87. The molecule has 0 radical (unpaired) electrons. The molecule has 0 unspecified atom stereocenters. The molecule has 4 nitrogen and oxygen atoms in total. The van der Waals surface area contributed by atoms with E-state index in [1.54, 1.807) is 12.4 Å². The first-order valence-electron chi connectivity index (χ1n) is 6.91. The Morgan fingerprint density at radius 2 is 2.05 bits per heavy atom. The van der Waals surface area contributed by atoms with Crippen LogP contribution in [0.3, 0.4) is 0 Å². The maximum absolute atomic E-state index is 5.87. The summed E-state index contributed by atoms with van der Waals surface area (Å²) in [5.74, 6) is 1.56. The van der Waals surface area contributed by atoms with Gasteiger partial charge in [0.25, 0.3) is 0 Å². The van der Waals surface area contributed by atoms with Crippen molar-refractivity contribution < 1.29 is 9.47 Å². The van der Waals surface area contributed by atoms with Crippen molar-refractivity contribution in [1.82, 2.24) is 4.98 Å². The number of hydrogen-bond acceptors (Lipinski definition) is 4. The molecular weight excluding hydrogens is 332 g/mol. The van der Waals surface area contributed by atoms with Gasteiger partial charge in [0, 0.05) is 40.6 Å². The Bertz CT molecular complexity index is 590. The highest BCUT2D eigenvalue weighted by atomic mass is 79.9. The zero-order chi connectivity index (χ0) is 15.1. The highest BCUT2D eigenvalue weighted by Crippen LogP contribution is 2.26. The van der Waals surface area contributed by atoms with E-state index in [9.17, 15) is 0 Å². The predicted octanol–water partition coefficient (Wildman–Crippen LogP) is 3.67. The number of benzene rings is 1. The van der Waals surface area contributed by atoms with Crippen LogP contribution in [0.25, 0.3) is 0 Å². The molecule has 2 rings (SSSR count). The van der Waals surface area contributed by atoms with Crippen molar-refractivity contribution in [3.63, 3.8) is 0 Å². The monoisotopic (exact) mass is 350 g/mol. The zero-order valence-electron chi connectivity index (χ0n) is 12.0. The summed E-state index contributed by atoms with van der Waals surface area (Å²) in [6, 6.07) is 7.74. The van der Waals surface area contributed by atoms with Gasteiger partial charge in [-0.3, -0.25) is 4.98 Å². The number of hydrogen-bond donors (Lipinski definition) is 1. The van der Waals surface area contributed by atoms with Gasteiger partial charge in [0.1, 0.15) is 18.1 Å². The number of rotatable bonds is 7. The summed E-state index contributed by atoms with van der Waals surface area (Å²) in [6.07, 6.45) is 4.50. The minimum atomic E-state index is 0.431. The molecule has 2 aromatic rings. The second kappa shape index (κ2) is 8.00. The molecule has 0 bridgehead atoms. The third-order valence-electron chi connectivity index (χ3n) is 2.89. The largest absolute Gasteiger partial charge is 0.493 e. The van der Waals surface area contributed by atoms with Gasteiger partial charge in [-0.1, -0.05) is 13.0 Å². The van der Waals surface area contributed by atoms with Gasteiger partial charge < -0.3 is 15.2 Å². The summed E-state index contributed by atoms with van der Waals surface area (Å²) >= 11 is 3.40. The van der Waals surface area contributed by atoms with Crippen LogP contribution >= 0.6 is 15.9 Å². The minimum absolute atomic E-state index is 0.431. The van der Waals surface area contributed by atoms with Gasteiger partial charge in [-0.05, 0) is 34.5 Å². The van der Waals surface area contributed by atoms with E-state index in [0.717, 1.165) is 33.5 Å². The maximum Gasteiger partial charge on any atom is 0.127 e. The van der Waals surface area contributed by atoms with E-state index in [2.05, 4.69) is 27.8 Å². The van der Waals surface area contributed by atoms with Crippen molar-refractivity contribution in [3.05, 3.63) is 52.3 Å². The van der Waals surface area contributed by atoms with Crippen LogP contribution in [0.2, 0.25) is 0 Å². The van der Waals surface area contributed by atoms with E-state index in [0.29, 0.717) is 19.8 Å². The number of nitrogens with two attached hydrogens (primary N) is 1. The first-order valence-corrected chi connectivity index (χ1v) is 7.70. The molecule has 0 fully saturated rings. The molecule has 0 aliphatic heterocycles. The molecule has 5 heteroatoms. The summed E-state index contributed by atoms with van der Waals surface area (Å²) < 4.78 is 12.4. The molecule has 1 heterocycles. The number of halogens is 1. The van der Waals surface area contributed by atoms with E-state index >= 15 is 0 Å². The van der Waals surface area contributed by atoms with Gasteiger partial charge in [0.05, 0.1) is 6.61 Å². The van der Waals surface area contributed by atoms with E-state index in [1.165, 1.54) is 0 Å². The van der Waals surface area contributed by atoms with Gasteiger partial charge in [0.2, 0.25) is 0 Å². The molecule has 0 saturated carbocycles. The van der Waals surface area contributed by atoms with Crippen LogP contribution in [-0.2, 0) is 13.2 Å². The minimum Gasteiger partial charge on any atom is -0.493 e. The van der Waals surface area contributed by atoms with Crippen LogP contribution < -0.4 is 15.2 Å². The lowest BCUT2D eigenvalue weighted by Gasteiger charge is -2.13. The summed E-state index contributed by atoms with van der Waals surface area (Å²) in [5, 5.41) is 0. The molecule has 112 valence electrons. The van der Waals surface area contributed by atoms with E-state index in [4.69, 9.17) is 15.2 Å². The SMILES string of the molecule is CCCOc1ccc(CN)c(OCc2cncc(Br)c2)c1. The van der Waals surface area contributed by atoms with Gasteiger partial charge in [0.15, 0.2) is 0 Å². The summed E-state index contributed by atoms with van der Waals surface area (Å²) in [5.41, 5.74) is 7.71. The second-order valence-corrected chi connectivity index (χ2v) is 5.54. The highest BCUT2D eigenvalue weighted by Gasteiger charge is 2.06. The fraction of sp³-hybridized carbons (Fsp3) is 0.312. The predicted molar refractivity (Wildman–Crippen MR) is 86.4 cm³/mol. The Kier molecular flexibility index (Phi) is 6.02. The van der Waals surface area contributed by atoms with Crippen LogP contribution in [-0.4, -0.2) is 11.6 Å². The lowest BCUT2D eigenvalue weighted by Crippen LogP contribution is -2.04.